The molecule has 0 fully saturated rings. The van der Waals surface area contributed by atoms with Crippen molar-refractivity contribution in [2.24, 2.45) is 0 Å². The van der Waals surface area contributed by atoms with E-state index in [-0.39, 0.29) is 12.6 Å². The second-order valence-electron chi connectivity index (χ2n) is 3.36. The molecule has 78 valence electrons. The number of aliphatic hydroxyl groups excluding tert-OH is 1. The van der Waals surface area contributed by atoms with Crippen LogP contribution in [-0.4, -0.2) is 34.8 Å². The molecule has 1 N–H and O–H groups in total. The molecule has 4 nitrogen and oxygen atoms in total. The van der Waals surface area contributed by atoms with Gasteiger partial charge in [-0.05, 0) is 13.3 Å². The highest BCUT2D eigenvalue weighted by Crippen LogP contribution is 2.11. The van der Waals surface area contributed by atoms with Gasteiger partial charge >= 0.3 is 0 Å². The normalized spacial score (nSPS) is 12.6. The molecule has 0 spiro atoms. The highest BCUT2D eigenvalue weighted by Gasteiger charge is 2.10. The summed E-state index contributed by atoms with van der Waals surface area (Å²) in [7, 11) is 1.92. The van der Waals surface area contributed by atoms with Crippen LogP contribution in [0.15, 0.2) is 12.4 Å². The van der Waals surface area contributed by atoms with Gasteiger partial charge in [-0.25, -0.2) is 9.97 Å². The lowest BCUT2D eigenvalue weighted by atomic mass is 10.3. The van der Waals surface area contributed by atoms with E-state index < -0.39 is 0 Å². The Hall–Kier alpha value is -1.16. The lowest BCUT2D eigenvalue weighted by molar-refractivity contribution is 0.269. The Morgan fingerprint density at radius 3 is 2.79 bits per heavy atom. The Morgan fingerprint density at radius 1 is 1.50 bits per heavy atom. The van der Waals surface area contributed by atoms with Gasteiger partial charge in [0.05, 0.1) is 12.6 Å². The minimum absolute atomic E-state index is 0.0783. The Labute approximate surface area is 84.6 Å². The smallest absolute Gasteiger partial charge is 0.132 e. The van der Waals surface area contributed by atoms with E-state index in [0.717, 1.165) is 17.9 Å². The maximum Gasteiger partial charge on any atom is 0.132 e. The average molecular weight is 195 g/mol. The molecule has 0 saturated heterocycles. The molecule has 0 aliphatic rings. The molecule has 1 unspecified atom stereocenters. The Balaban J connectivity index is 2.83. The molecule has 1 atom stereocenters. The zero-order chi connectivity index (χ0) is 10.6. The van der Waals surface area contributed by atoms with Crippen LogP contribution in [0.5, 0.6) is 0 Å². The van der Waals surface area contributed by atoms with Crippen molar-refractivity contribution >= 4 is 5.82 Å². The summed E-state index contributed by atoms with van der Waals surface area (Å²) in [6.07, 6.45) is 2.46. The van der Waals surface area contributed by atoms with Gasteiger partial charge in [-0.1, -0.05) is 6.92 Å². The fourth-order valence-corrected chi connectivity index (χ4v) is 1.12. The van der Waals surface area contributed by atoms with E-state index in [0.29, 0.717) is 0 Å². The monoisotopic (exact) mass is 195 g/mol. The number of hydrogen-bond acceptors (Lipinski definition) is 4. The van der Waals surface area contributed by atoms with Crippen molar-refractivity contribution in [3.8, 4) is 0 Å². The van der Waals surface area contributed by atoms with E-state index in [1.165, 1.54) is 0 Å². The van der Waals surface area contributed by atoms with Crippen LogP contribution in [0, 0.1) is 0 Å². The third-order valence-electron chi connectivity index (χ3n) is 2.36. The van der Waals surface area contributed by atoms with E-state index in [9.17, 15) is 0 Å². The van der Waals surface area contributed by atoms with Gasteiger partial charge in [0, 0.05) is 18.8 Å². The van der Waals surface area contributed by atoms with Gasteiger partial charge in [0.2, 0.25) is 0 Å². The fraction of sp³-hybridized carbons (Fsp3) is 0.600. The summed E-state index contributed by atoms with van der Waals surface area (Å²) >= 11 is 0. The van der Waals surface area contributed by atoms with Crippen LogP contribution in [0.2, 0.25) is 0 Å². The minimum atomic E-state index is 0.0783. The lowest BCUT2D eigenvalue weighted by Gasteiger charge is -2.24. The van der Waals surface area contributed by atoms with Gasteiger partial charge < -0.3 is 10.0 Å². The summed E-state index contributed by atoms with van der Waals surface area (Å²) < 4.78 is 0. The van der Waals surface area contributed by atoms with Crippen molar-refractivity contribution in [1.82, 2.24) is 9.97 Å². The van der Waals surface area contributed by atoms with Crippen LogP contribution < -0.4 is 4.90 Å². The van der Waals surface area contributed by atoms with Crippen molar-refractivity contribution in [3.05, 3.63) is 18.1 Å². The van der Waals surface area contributed by atoms with Crippen molar-refractivity contribution < 1.29 is 5.11 Å². The first-order chi connectivity index (χ1) is 6.69. The van der Waals surface area contributed by atoms with Crippen LogP contribution in [0.4, 0.5) is 5.82 Å². The van der Waals surface area contributed by atoms with Gasteiger partial charge in [-0.2, -0.15) is 0 Å². The number of rotatable bonds is 4. The lowest BCUT2D eigenvalue weighted by Crippen LogP contribution is -2.32. The van der Waals surface area contributed by atoms with Crippen LogP contribution >= 0.6 is 0 Å². The molecule has 1 aromatic heterocycles. The highest BCUT2D eigenvalue weighted by atomic mass is 16.3. The van der Waals surface area contributed by atoms with E-state index in [2.05, 4.69) is 16.9 Å². The van der Waals surface area contributed by atoms with Crippen LogP contribution in [0.3, 0.4) is 0 Å². The molecule has 0 aliphatic carbocycles. The first-order valence-corrected chi connectivity index (χ1v) is 4.83. The summed E-state index contributed by atoms with van der Waals surface area (Å²) in [5.74, 6) is 0.860. The maximum absolute atomic E-state index is 9.01. The quantitative estimate of drug-likeness (QED) is 0.774. The summed E-state index contributed by atoms with van der Waals surface area (Å²) in [4.78, 5) is 10.2. The van der Waals surface area contributed by atoms with Crippen molar-refractivity contribution in [2.75, 3.05) is 18.6 Å². The van der Waals surface area contributed by atoms with Crippen LogP contribution in [0.25, 0.3) is 0 Å². The molecular formula is C10H17N3O. The van der Waals surface area contributed by atoms with Gasteiger partial charge in [0.1, 0.15) is 12.1 Å². The molecule has 0 bridgehead atoms. The average Bonchev–Trinajstić information content (AvgIpc) is 2.27. The first kappa shape index (κ1) is 10.9. The van der Waals surface area contributed by atoms with Crippen LogP contribution in [-0.2, 0) is 6.42 Å². The SMILES string of the molecule is CCc1cc(N(C)C(C)CO)ncn1. The molecule has 0 saturated carbocycles. The Bertz CT molecular complexity index is 290. The van der Waals surface area contributed by atoms with E-state index in [1.54, 1.807) is 6.33 Å². The molecule has 1 aromatic rings. The van der Waals surface area contributed by atoms with Crippen molar-refractivity contribution in [1.29, 1.82) is 0 Å². The molecule has 0 radical (unpaired) electrons. The number of aryl methyl sites for hydroxylation is 1. The highest BCUT2D eigenvalue weighted by molar-refractivity contribution is 5.38. The molecule has 4 heteroatoms. The second-order valence-corrected chi connectivity index (χ2v) is 3.36. The van der Waals surface area contributed by atoms with E-state index >= 15 is 0 Å². The topological polar surface area (TPSA) is 49.2 Å². The zero-order valence-corrected chi connectivity index (χ0v) is 8.94. The number of aliphatic hydroxyl groups is 1. The maximum atomic E-state index is 9.01. The molecule has 0 amide bonds. The zero-order valence-electron chi connectivity index (χ0n) is 8.94. The Morgan fingerprint density at radius 2 is 2.21 bits per heavy atom. The van der Waals surface area contributed by atoms with Crippen molar-refractivity contribution in [2.45, 2.75) is 26.3 Å². The number of nitrogens with zero attached hydrogens (tertiary/aromatic N) is 3. The third-order valence-corrected chi connectivity index (χ3v) is 2.36. The molecule has 1 heterocycles. The van der Waals surface area contributed by atoms with E-state index in [4.69, 9.17) is 5.11 Å². The molecule has 0 aliphatic heterocycles. The summed E-state index contributed by atoms with van der Waals surface area (Å²) in [6.45, 7) is 4.14. The fourth-order valence-electron chi connectivity index (χ4n) is 1.12. The minimum Gasteiger partial charge on any atom is -0.394 e. The predicted molar refractivity (Wildman–Crippen MR) is 56.4 cm³/mol. The number of hydrogen-bond donors (Lipinski definition) is 1. The summed E-state index contributed by atoms with van der Waals surface area (Å²) in [5, 5.41) is 9.01. The van der Waals surface area contributed by atoms with E-state index in [1.807, 2.05) is 24.9 Å². The molecular weight excluding hydrogens is 178 g/mol. The van der Waals surface area contributed by atoms with Gasteiger partial charge in [-0.15, -0.1) is 0 Å². The van der Waals surface area contributed by atoms with Gasteiger partial charge in [-0.3, -0.25) is 0 Å². The van der Waals surface area contributed by atoms with Crippen molar-refractivity contribution in [3.63, 3.8) is 0 Å². The van der Waals surface area contributed by atoms with Gasteiger partial charge in [0.25, 0.3) is 0 Å². The molecule has 1 rings (SSSR count). The largest absolute Gasteiger partial charge is 0.394 e. The molecule has 14 heavy (non-hydrogen) atoms. The summed E-state index contributed by atoms with van der Waals surface area (Å²) in [6, 6.07) is 2.03. The number of anilines is 1. The van der Waals surface area contributed by atoms with Gasteiger partial charge in [0.15, 0.2) is 0 Å². The number of likely N-dealkylation sites (N-methyl/N-ethyl adjacent to an activating group) is 1. The first-order valence-electron chi connectivity index (χ1n) is 4.83. The number of aromatic nitrogens is 2. The van der Waals surface area contributed by atoms with Crippen LogP contribution in [0.1, 0.15) is 19.5 Å². The third kappa shape index (κ3) is 2.42. The molecule has 0 aromatic carbocycles. The summed E-state index contributed by atoms with van der Waals surface area (Å²) in [5.41, 5.74) is 1.02. The second kappa shape index (κ2) is 4.91. The Kier molecular flexibility index (Phi) is 3.83. The standard InChI is InChI=1S/C10H17N3O/c1-4-9-5-10(12-7-11-9)13(3)8(2)6-14/h5,7-8,14H,4,6H2,1-3H3. The predicted octanol–water partition coefficient (Wildman–Crippen LogP) is 0.856.